The van der Waals surface area contributed by atoms with Crippen molar-refractivity contribution in [3.63, 3.8) is 0 Å². The van der Waals surface area contributed by atoms with Gasteiger partial charge in [-0.1, -0.05) is 38.1 Å². The SMILES string of the molecule is CC(C)c1ccc(-c2cc(NC(=O)OC(C)(C)C)cc3c2OCC3)cc1. The Morgan fingerprint density at radius 1 is 1.15 bits per heavy atom. The summed E-state index contributed by atoms with van der Waals surface area (Å²) >= 11 is 0. The molecule has 26 heavy (non-hydrogen) atoms. The molecule has 0 saturated heterocycles. The summed E-state index contributed by atoms with van der Waals surface area (Å²) in [5.41, 5.74) is 4.70. The molecule has 1 heterocycles. The van der Waals surface area contributed by atoms with E-state index in [4.69, 9.17) is 9.47 Å². The first kappa shape index (κ1) is 18.3. The van der Waals surface area contributed by atoms with Crippen LogP contribution in [-0.2, 0) is 11.2 Å². The maximum Gasteiger partial charge on any atom is 0.412 e. The maximum absolute atomic E-state index is 12.1. The predicted molar refractivity (Wildman–Crippen MR) is 105 cm³/mol. The highest BCUT2D eigenvalue weighted by molar-refractivity contribution is 5.88. The second kappa shape index (κ2) is 7.02. The maximum atomic E-state index is 12.1. The second-order valence-electron chi connectivity index (χ2n) is 8.01. The molecule has 0 atom stereocenters. The van der Waals surface area contributed by atoms with E-state index in [1.54, 1.807) is 0 Å². The van der Waals surface area contributed by atoms with Crippen LogP contribution in [0.3, 0.4) is 0 Å². The van der Waals surface area contributed by atoms with Crippen LogP contribution in [0.1, 0.15) is 51.7 Å². The number of fused-ring (bicyclic) bond motifs is 1. The Morgan fingerprint density at radius 2 is 1.85 bits per heavy atom. The molecule has 1 aliphatic rings. The lowest BCUT2D eigenvalue weighted by molar-refractivity contribution is 0.0636. The zero-order valence-electron chi connectivity index (χ0n) is 16.2. The highest BCUT2D eigenvalue weighted by Crippen LogP contribution is 2.40. The minimum Gasteiger partial charge on any atom is -0.492 e. The van der Waals surface area contributed by atoms with Crippen molar-refractivity contribution in [3.8, 4) is 16.9 Å². The monoisotopic (exact) mass is 353 g/mol. The zero-order valence-corrected chi connectivity index (χ0v) is 16.2. The third-order valence-electron chi connectivity index (χ3n) is 4.32. The third-order valence-corrected chi connectivity index (χ3v) is 4.32. The molecular weight excluding hydrogens is 326 g/mol. The average molecular weight is 353 g/mol. The van der Waals surface area contributed by atoms with Crippen molar-refractivity contribution in [3.05, 3.63) is 47.5 Å². The van der Waals surface area contributed by atoms with Gasteiger partial charge in [0.25, 0.3) is 0 Å². The molecule has 2 aromatic carbocycles. The quantitative estimate of drug-likeness (QED) is 0.763. The number of carbonyl (C=O) groups excluding carboxylic acids is 1. The summed E-state index contributed by atoms with van der Waals surface area (Å²) in [7, 11) is 0. The van der Waals surface area contributed by atoms with Gasteiger partial charge < -0.3 is 9.47 Å². The Balaban J connectivity index is 1.92. The Hall–Kier alpha value is -2.49. The fourth-order valence-electron chi connectivity index (χ4n) is 3.06. The number of amides is 1. The second-order valence-corrected chi connectivity index (χ2v) is 8.01. The van der Waals surface area contributed by atoms with Crippen molar-refractivity contribution in [2.75, 3.05) is 11.9 Å². The Morgan fingerprint density at radius 3 is 2.46 bits per heavy atom. The van der Waals surface area contributed by atoms with Gasteiger partial charge in [-0.2, -0.15) is 0 Å². The summed E-state index contributed by atoms with van der Waals surface area (Å²) in [6, 6.07) is 12.5. The smallest absolute Gasteiger partial charge is 0.412 e. The normalized spacial score (nSPS) is 13.3. The van der Waals surface area contributed by atoms with Gasteiger partial charge in [0.2, 0.25) is 0 Å². The highest BCUT2D eigenvalue weighted by Gasteiger charge is 2.21. The van der Waals surface area contributed by atoms with Gasteiger partial charge >= 0.3 is 6.09 Å². The number of nitrogens with one attached hydrogen (secondary N) is 1. The van der Waals surface area contributed by atoms with E-state index in [0.717, 1.165) is 34.5 Å². The van der Waals surface area contributed by atoms with Crippen LogP contribution in [-0.4, -0.2) is 18.3 Å². The van der Waals surface area contributed by atoms with E-state index in [9.17, 15) is 4.79 Å². The molecule has 2 aromatic rings. The first-order valence-electron chi connectivity index (χ1n) is 9.13. The molecule has 1 amide bonds. The molecule has 0 radical (unpaired) electrons. The summed E-state index contributed by atoms with van der Waals surface area (Å²) in [6.07, 6.45) is 0.397. The number of rotatable bonds is 3. The lowest BCUT2D eigenvalue weighted by atomic mass is 9.96. The van der Waals surface area contributed by atoms with Crippen LogP contribution >= 0.6 is 0 Å². The van der Waals surface area contributed by atoms with E-state index < -0.39 is 11.7 Å². The first-order valence-corrected chi connectivity index (χ1v) is 9.13. The molecule has 0 aromatic heterocycles. The average Bonchev–Trinajstić information content (AvgIpc) is 3.00. The number of benzene rings is 2. The van der Waals surface area contributed by atoms with Crippen molar-refractivity contribution >= 4 is 11.8 Å². The molecule has 1 aliphatic heterocycles. The van der Waals surface area contributed by atoms with Crippen LogP contribution in [0.4, 0.5) is 10.5 Å². The van der Waals surface area contributed by atoms with E-state index in [-0.39, 0.29) is 0 Å². The zero-order chi connectivity index (χ0) is 18.9. The summed E-state index contributed by atoms with van der Waals surface area (Å²) in [6.45, 7) is 10.6. The van der Waals surface area contributed by atoms with Gasteiger partial charge in [0.15, 0.2) is 0 Å². The molecule has 0 spiro atoms. The highest BCUT2D eigenvalue weighted by atomic mass is 16.6. The summed E-state index contributed by atoms with van der Waals surface area (Å²) < 4.78 is 11.2. The lowest BCUT2D eigenvalue weighted by Crippen LogP contribution is -2.27. The number of anilines is 1. The first-order chi connectivity index (χ1) is 12.2. The summed E-state index contributed by atoms with van der Waals surface area (Å²) in [5.74, 6) is 1.41. The molecule has 0 unspecified atom stereocenters. The largest absolute Gasteiger partial charge is 0.492 e. The van der Waals surface area contributed by atoms with E-state index in [1.807, 2.05) is 32.9 Å². The molecule has 0 fully saturated rings. The van der Waals surface area contributed by atoms with E-state index in [0.29, 0.717) is 12.5 Å². The fourth-order valence-corrected chi connectivity index (χ4v) is 3.06. The third kappa shape index (κ3) is 4.18. The topological polar surface area (TPSA) is 47.6 Å². The lowest BCUT2D eigenvalue weighted by Gasteiger charge is -2.20. The van der Waals surface area contributed by atoms with Gasteiger partial charge in [-0.25, -0.2) is 4.79 Å². The van der Waals surface area contributed by atoms with Gasteiger partial charge in [-0.05, 0) is 49.9 Å². The minimum absolute atomic E-state index is 0.447. The predicted octanol–water partition coefficient (Wildman–Crippen LogP) is 5.76. The van der Waals surface area contributed by atoms with E-state index >= 15 is 0 Å². The molecule has 138 valence electrons. The summed E-state index contributed by atoms with van der Waals surface area (Å²) in [5, 5.41) is 2.85. The number of hydrogen-bond donors (Lipinski definition) is 1. The van der Waals surface area contributed by atoms with E-state index in [1.165, 1.54) is 5.56 Å². The summed E-state index contributed by atoms with van der Waals surface area (Å²) in [4.78, 5) is 12.1. The molecule has 4 nitrogen and oxygen atoms in total. The van der Waals surface area contributed by atoms with Crippen LogP contribution in [0, 0.1) is 0 Å². The van der Waals surface area contributed by atoms with Crippen LogP contribution in [0.5, 0.6) is 5.75 Å². The fraction of sp³-hybridized carbons (Fsp3) is 0.409. The molecular formula is C22H27NO3. The van der Waals surface area contributed by atoms with Crippen molar-refractivity contribution < 1.29 is 14.3 Å². The molecule has 3 rings (SSSR count). The van der Waals surface area contributed by atoms with Crippen LogP contribution < -0.4 is 10.1 Å². The molecule has 0 bridgehead atoms. The van der Waals surface area contributed by atoms with Gasteiger partial charge in [0, 0.05) is 23.2 Å². The van der Waals surface area contributed by atoms with Crippen LogP contribution in [0.25, 0.3) is 11.1 Å². The Bertz CT molecular complexity index is 801. The number of ether oxygens (including phenoxy) is 2. The van der Waals surface area contributed by atoms with Crippen LogP contribution in [0.15, 0.2) is 36.4 Å². The van der Waals surface area contributed by atoms with Gasteiger partial charge in [0.1, 0.15) is 11.4 Å². The molecule has 0 aliphatic carbocycles. The van der Waals surface area contributed by atoms with Crippen molar-refractivity contribution in [1.29, 1.82) is 0 Å². The Labute approximate surface area is 155 Å². The van der Waals surface area contributed by atoms with Crippen molar-refractivity contribution in [2.45, 2.75) is 52.6 Å². The molecule has 1 N–H and O–H groups in total. The van der Waals surface area contributed by atoms with Gasteiger partial charge in [-0.3, -0.25) is 5.32 Å². The van der Waals surface area contributed by atoms with Crippen LogP contribution in [0.2, 0.25) is 0 Å². The van der Waals surface area contributed by atoms with Gasteiger partial charge in [0.05, 0.1) is 6.61 Å². The van der Waals surface area contributed by atoms with Crippen molar-refractivity contribution in [2.24, 2.45) is 0 Å². The molecule has 0 saturated carbocycles. The van der Waals surface area contributed by atoms with Gasteiger partial charge in [-0.15, -0.1) is 0 Å². The van der Waals surface area contributed by atoms with E-state index in [2.05, 4.69) is 43.4 Å². The number of carbonyl (C=O) groups is 1. The molecule has 4 heteroatoms. The number of hydrogen-bond acceptors (Lipinski definition) is 3. The standard InChI is InChI=1S/C22H27NO3/c1-14(2)15-6-8-16(9-7-15)19-13-18(12-17-10-11-25-20(17)19)23-21(24)26-22(3,4)5/h6-9,12-14H,10-11H2,1-5H3,(H,23,24). The Kier molecular flexibility index (Phi) is 4.94. The minimum atomic E-state index is -0.528. The van der Waals surface area contributed by atoms with Crippen molar-refractivity contribution in [1.82, 2.24) is 0 Å².